The molecule has 0 spiro atoms. The van der Waals surface area contributed by atoms with E-state index in [1.807, 2.05) is 135 Å². The maximum absolute atomic E-state index is 5.00. The van der Waals surface area contributed by atoms with Crippen LogP contribution in [0.1, 0.15) is 0 Å². The van der Waals surface area contributed by atoms with E-state index in [2.05, 4.69) is 297 Å². The van der Waals surface area contributed by atoms with Crippen LogP contribution in [0.4, 0.5) is 0 Å². The Bertz CT molecular complexity index is 7710. The van der Waals surface area contributed by atoms with E-state index in [1.165, 1.54) is 59.2 Å². The molecule has 10 aromatic carbocycles. The first kappa shape index (κ1) is 69.3. The molecule has 14 nitrogen and oxygen atoms in total. The molecule has 0 aliphatic rings. The van der Waals surface area contributed by atoms with E-state index in [-0.39, 0.29) is 0 Å². The van der Waals surface area contributed by atoms with Crippen molar-refractivity contribution in [3.8, 4) is 95.7 Å². The largest absolute Gasteiger partial charge is 0.308 e. The lowest BCUT2D eigenvalue weighted by molar-refractivity contribution is 1.08. The second kappa shape index (κ2) is 29.5. The van der Waals surface area contributed by atoms with Crippen molar-refractivity contribution in [3.63, 3.8) is 0 Å². The number of hydrogen-bond donors (Lipinski definition) is 0. The number of fused-ring (bicyclic) bond motifs is 18. The lowest BCUT2D eigenvalue weighted by Gasteiger charge is -2.10. The van der Waals surface area contributed by atoms with Gasteiger partial charge < -0.3 is 4.57 Å². The predicted molar refractivity (Wildman–Crippen MR) is 484 cm³/mol. The van der Waals surface area contributed by atoms with Crippen LogP contribution in [0.3, 0.4) is 0 Å². The molecule has 0 saturated heterocycles. The highest BCUT2D eigenvalue weighted by molar-refractivity contribution is 6.24. The van der Waals surface area contributed by atoms with Gasteiger partial charge in [-0.15, -0.1) is 0 Å². The van der Waals surface area contributed by atoms with E-state index in [1.54, 1.807) is 18.6 Å². The highest BCUT2D eigenvalue weighted by Crippen LogP contribution is 2.44. The summed E-state index contributed by atoms with van der Waals surface area (Å²) in [7, 11) is 0. The molecule has 0 N–H and O–H groups in total. The van der Waals surface area contributed by atoms with E-state index >= 15 is 0 Å². The highest BCUT2D eigenvalue weighted by Gasteiger charge is 2.22. The van der Waals surface area contributed by atoms with Gasteiger partial charge in [0.25, 0.3) is 0 Å². The van der Waals surface area contributed by atoms with Crippen molar-refractivity contribution < 1.29 is 0 Å². The fraction of sp³-hybridized carbons (Fsp3) is 0. The third-order valence-electron chi connectivity index (χ3n) is 22.6. The van der Waals surface area contributed by atoms with Crippen molar-refractivity contribution in [1.29, 1.82) is 0 Å². The maximum atomic E-state index is 5.00. The molecule has 14 aromatic heterocycles. The Hall–Kier alpha value is -16.5. The van der Waals surface area contributed by atoms with Crippen molar-refractivity contribution in [2.45, 2.75) is 0 Å². The number of nitrogens with zero attached hydrogens (tertiary/aromatic N) is 14. The average Bonchev–Trinajstić information content (AvgIpc) is 1.57. The summed E-state index contributed by atoms with van der Waals surface area (Å²) >= 11 is 0. The summed E-state index contributed by atoms with van der Waals surface area (Å²) in [6.45, 7) is 0. The molecule has 14 heterocycles. The first-order chi connectivity index (χ1) is 59.0. The molecule has 0 amide bonds. The van der Waals surface area contributed by atoms with Gasteiger partial charge in [-0.1, -0.05) is 158 Å². The topological polar surface area (TPSA) is 157 Å². The minimum absolute atomic E-state index is 0.861. The Morgan fingerprint density at radius 3 is 1.07 bits per heavy atom. The molecule has 0 radical (unpaired) electrons. The van der Waals surface area contributed by atoms with E-state index in [0.717, 1.165) is 156 Å². The van der Waals surface area contributed by atoms with Crippen molar-refractivity contribution in [2.24, 2.45) is 0 Å². The number of hydrogen-bond acceptors (Lipinski definition) is 11. The van der Waals surface area contributed by atoms with Gasteiger partial charge in [-0.25, -0.2) is 9.97 Å². The first-order valence-electron chi connectivity index (χ1n) is 39.4. The standard InChI is InChI=1S/C43H26N6.2C31H20N4/c1-2-9-33-27(6-1)12-17-39-41(33)36-22-28(13-16-38(36)49(39)40-18-14-31(25-48-40)30-8-3-19-44-24-30)37-15-11-32(26-47-37)35-23-29-7-4-20-45-42(29)43-34(35)10-5-21-46-43;1-2-8-25-21(6-1)10-15-30-31(25)26-18-22(23-7-5-16-32-19-23)11-14-29(26)35(30)24-12-13-28(34-20-24)27-9-3-4-17-33-27;1-2-8-25-21(6-1)10-14-29-31(25)26-18-22(27-9-3-4-17-33-27)11-13-28(26)35(29)30-15-12-24(20-34-30)23-7-5-16-32-19-23/h1-26H;2*1-20H. The smallest absolute Gasteiger partial charge is 0.137 e. The zero-order valence-corrected chi connectivity index (χ0v) is 63.9. The quantitative estimate of drug-likeness (QED) is 0.120. The normalized spacial score (nSPS) is 11.5. The van der Waals surface area contributed by atoms with E-state index in [0.29, 0.717) is 0 Å². The fourth-order valence-corrected chi connectivity index (χ4v) is 17.1. The summed E-state index contributed by atoms with van der Waals surface area (Å²) in [5.74, 6) is 1.75. The molecule has 14 heteroatoms. The monoisotopic (exact) mass is 1520 g/mol. The minimum atomic E-state index is 0.861. The number of aromatic nitrogens is 14. The van der Waals surface area contributed by atoms with Gasteiger partial charge in [0.2, 0.25) is 0 Å². The first-order valence-corrected chi connectivity index (χ1v) is 39.4. The second-order valence-electron chi connectivity index (χ2n) is 29.4. The Labute approximate surface area is 681 Å². The van der Waals surface area contributed by atoms with Crippen LogP contribution in [0, 0.1) is 0 Å². The zero-order chi connectivity index (χ0) is 78.7. The third-order valence-corrected chi connectivity index (χ3v) is 22.6. The van der Waals surface area contributed by atoms with Crippen LogP contribution in [-0.2, 0) is 0 Å². The molecule has 119 heavy (non-hydrogen) atoms. The summed E-state index contributed by atoms with van der Waals surface area (Å²) in [4.78, 5) is 50.7. The Kier molecular flexibility index (Phi) is 17.2. The van der Waals surface area contributed by atoms with Crippen LogP contribution < -0.4 is 0 Å². The molecule has 24 rings (SSSR count). The SMILES string of the molecule is c1ccc(-c2ccc(-n3c4ccc(-c5cccnc5)cc4c4c5ccccc5ccc43)cn2)nc1.c1ccc(-c2ccc3c(c2)c2c4ccccc4ccc2n3-c2ccc(-c3cccnc3)cn2)nc1.c1cncc(-c2ccc(-n3c4ccc(-c5ccc(-c6cc7cccnc7c7ncccc67)cn5)cc4c4c5ccccc5ccc43)nc2)c1. The minimum Gasteiger partial charge on any atom is -0.308 e. The van der Waals surface area contributed by atoms with Gasteiger partial charge in [-0.3, -0.25) is 54.0 Å². The molecule has 24 aromatic rings. The highest BCUT2D eigenvalue weighted by atomic mass is 15.1. The second-order valence-corrected chi connectivity index (χ2v) is 29.4. The predicted octanol–water partition coefficient (Wildman–Crippen LogP) is 25.1. The van der Waals surface area contributed by atoms with Gasteiger partial charge in [0.05, 0.1) is 78.8 Å². The Morgan fingerprint density at radius 2 is 0.571 bits per heavy atom. The van der Waals surface area contributed by atoms with Gasteiger partial charge in [0.15, 0.2) is 0 Å². The van der Waals surface area contributed by atoms with Crippen LogP contribution >= 0.6 is 0 Å². The third kappa shape index (κ3) is 12.4. The van der Waals surface area contributed by atoms with Crippen molar-refractivity contribution in [1.82, 2.24) is 68.5 Å². The lowest BCUT2D eigenvalue weighted by Crippen LogP contribution is -1.97. The average molecular weight is 1520 g/mol. The molecule has 0 bridgehead atoms. The van der Waals surface area contributed by atoms with E-state index in [9.17, 15) is 0 Å². The van der Waals surface area contributed by atoms with Crippen LogP contribution in [0.5, 0.6) is 0 Å². The molecular formula is C105H66N14. The lowest BCUT2D eigenvalue weighted by atomic mass is 9.98. The molecule has 0 atom stereocenters. The summed E-state index contributed by atoms with van der Waals surface area (Å²) < 4.78 is 6.82. The summed E-state index contributed by atoms with van der Waals surface area (Å²) in [5.41, 5.74) is 23.9. The van der Waals surface area contributed by atoms with E-state index in [4.69, 9.17) is 19.9 Å². The summed E-state index contributed by atoms with van der Waals surface area (Å²) in [6.07, 6.45) is 26.1. The molecular weight excluding hydrogens is 1460 g/mol. The van der Waals surface area contributed by atoms with Crippen LogP contribution in [-0.4, -0.2) is 68.5 Å². The van der Waals surface area contributed by atoms with Gasteiger partial charge in [-0.05, 0) is 201 Å². The van der Waals surface area contributed by atoms with Crippen molar-refractivity contribution in [2.75, 3.05) is 0 Å². The Balaban J connectivity index is 0.000000110. The molecule has 0 aliphatic carbocycles. The molecule has 0 saturated carbocycles. The van der Waals surface area contributed by atoms with Crippen molar-refractivity contribution in [3.05, 3.63) is 402 Å². The maximum Gasteiger partial charge on any atom is 0.137 e. The van der Waals surface area contributed by atoms with Gasteiger partial charge in [0.1, 0.15) is 11.6 Å². The molecule has 0 fully saturated rings. The number of rotatable bonds is 10. The number of benzene rings is 10. The van der Waals surface area contributed by atoms with Crippen LogP contribution in [0.2, 0.25) is 0 Å². The molecule has 0 unspecified atom stereocenters. The number of pyridine rings is 11. The van der Waals surface area contributed by atoms with Gasteiger partial charge in [0, 0.05) is 168 Å². The molecule has 556 valence electrons. The summed E-state index contributed by atoms with van der Waals surface area (Å²) in [6, 6.07) is 110. The van der Waals surface area contributed by atoms with Crippen molar-refractivity contribution >= 4 is 120 Å². The van der Waals surface area contributed by atoms with Crippen LogP contribution in [0.25, 0.3) is 215 Å². The zero-order valence-electron chi connectivity index (χ0n) is 63.9. The fourth-order valence-electron chi connectivity index (χ4n) is 17.1. The van der Waals surface area contributed by atoms with Crippen LogP contribution in [0.15, 0.2) is 402 Å². The Morgan fingerprint density at radius 1 is 0.185 bits per heavy atom. The molecule has 0 aliphatic heterocycles. The summed E-state index contributed by atoms with van der Waals surface area (Å²) in [5, 5.41) is 16.7. The van der Waals surface area contributed by atoms with Gasteiger partial charge in [-0.2, -0.15) is 0 Å². The van der Waals surface area contributed by atoms with Gasteiger partial charge >= 0.3 is 0 Å². The van der Waals surface area contributed by atoms with E-state index < -0.39 is 0 Å².